The van der Waals surface area contributed by atoms with E-state index in [0.29, 0.717) is 35.9 Å². The summed E-state index contributed by atoms with van der Waals surface area (Å²) in [5.41, 5.74) is 4.97. The molecule has 5 rings (SSSR count). The average molecular weight is 579 g/mol. The van der Waals surface area contributed by atoms with Crippen LogP contribution in [0.2, 0.25) is 0 Å². The molecule has 4 N–H and O–H groups in total. The molecule has 0 spiro atoms. The molecule has 0 radical (unpaired) electrons. The van der Waals surface area contributed by atoms with Gasteiger partial charge in [-0.2, -0.15) is 0 Å². The van der Waals surface area contributed by atoms with Gasteiger partial charge in [-0.25, -0.2) is 33.5 Å². The molecule has 5 aromatic rings. The molecule has 13 heteroatoms. The third kappa shape index (κ3) is 7.34. The van der Waals surface area contributed by atoms with Gasteiger partial charge in [0.25, 0.3) is 6.47 Å². The minimum absolute atomic E-state index is 0.0519. The number of hydrogen-bond donors (Lipinski definition) is 3. The number of carboxylic acid groups (broad SMARTS) is 1. The number of anilines is 2. The summed E-state index contributed by atoms with van der Waals surface area (Å²) in [6, 6.07) is 20.4. The molecule has 0 unspecified atom stereocenters. The van der Waals surface area contributed by atoms with Gasteiger partial charge in [0.1, 0.15) is 15.4 Å². The van der Waals surface area contributed by atoms with E-state index in [-0.39, 0.29) is 11.4 Å². The Morgan fingerprint density at radius 2 is 1.68 bits per heavy atom. The molecule has 0 atom stereocenters. The lowest BCUT2D eigenvalue weighted by molar-refractivity contribution is -0.122. The van der Waals surface area contributed by atoms with Crippen LogP contribution in [0.1, 0.15) is 27.5 Å². The van der Waals surface area contributed by atoms with E-state index >= 15 is 0 Å². The van der Waals surface area contributed by atoms with Crippen molar-refractivity contribution in [2.75, 3.05) is 12.4 Å². The van der Waals surface area contributed by atoms with Crippen LogP contribution < -0.4 is 15.2 Å². The van der Waals surface area contributed by atoms with Crippen molar-refractivity contribution in [3.8, 4) is 5.88 Å². The van der Waals surface area contributed by atoms with E-state index in [1.54, 1.807) is 26.2 Å². The molecule has 3 heterocycles. The van der Waals surface area contributed by atoms with Crippen molar-refractivity contribution in [3.63, 3.8) is 0 Å². The third-order valence-electron chi connectivity index (χ3n) is 5.65. The molecule has 0 aliphatic carbocycles. The quantitative estimate of drug-likeness (QED) is 0.228. The van der Waals surface area contributed by atoms with Gasteiger partial charge in [0, 0.05) is 24.6 Å². The first-order chi connectivity index (χ1) is 19.2. The highest BCUT2D eigenvalue weighted by Gasteiger charge is 2.14. The Balaban J connectivity index is 0.00000118. The fraction of sp³-hybridized carbons (Fsp3) is 0.148. The number of nitrogens with one attached hydrogen (secondary N) is 1. The van der Waals surface area contributed by atoms with E-state index in [1.165, 1.54) is 23.5 Å². The molecule has 40 heavy (non-hydrogen) atoms. The van der Waals surface area contributed by atoms with E-state index in [0.717, 1.165) is 32.3 Å². The second kappa shape index (κ2) is 12.6. The molecular weight excluding hydrogens is 552 g/mol. The zero-order valence-corrected chi connectivity index (χ0v) is 23.2. The van der Waals surface area contributed by atoms with Crippen LogP contribution >= 0.6 is 11.3 Å². The van der Waals surface area contributed by atoms with Gasteiger partial charge in [-0.3, -0.25) is 4.79 Å². The summed E-state index contributed by atoms with van der Waals surface area (Å²) in [6.45, 7) is 1.55. The summed E-state index contributed by atoms with van der Waals surface area (Å²) in [4.78, 5) is 27.9. The van der Waals surface area contributed by atoms with Crippen molar-refractivity contribution in [1.82, 2.24) is 19.9 Å². The predicted octanol–water partition coefficient (Wildman–Crippen LogP) is 4.07. The maximum atomic E-state index is 11.7. The molecule has 3 aromatic heterocycles. The summed E-state index contributed by atoms with van der Waals surface area (Å²) in [7, 11) is -2.20. The van der Waals surface area contributed by atoms with Crippen molar-refractivity contribution in [2.45, 2.75) is 24.7 Å². The Labute approximate surface area is 234 Å². The summed E-state index contributed by atoms with van der Waals surface area (Å²) in [5, 5.41) is 16.3. The van der Waals surface area contributed by atoms with Gasteiger partial charge in [0.2, 0.25) is 21.9 Å². The molecule has 0 aliphatic heterocycles. The van der Waals surface area contributed by atoms with E-state index in [9.17, 15) is 8.42 Å². The highest BCUT2D eigenvalue weighted by atomic mass is 32.2. The second-order valence-electron chi connectivity index (χ2n) is 8.55. The van der Waals surface area contributed by atoms with Crippen LogP contribution in [-0.2, 0) is 27.7 Å². The SMILES string of the molecule is COc1ccc2nc(Cc3cc(Cc4ccccc4)nc(Nc4ccc(S(N)(=O)=O)cc4C)n3)sc2n1.O=CO. The monoisotopic (exact) mass is 578 g/mol. The molecule has 0 fully saturated rings. The topological polar surface area (TPSA) is 170 Å². The van der Waals surface area contributed by atoms with Crippen LogP contribution in [-0.4, -0.2) is 47.0 Å². The van der Waals surface area contributed by atoms with Gasteiger partial charge in [-0.05, 0) is 48.4 Å². The Bertz CT molecular complexity index is 1740. The van der Waals surface area contributed by atoms with Gasteiger partial charge in [-0.15, -0.1) is 0 Å². The maximum absolute atomic E-state index is 11.7. The molecular formula is C27H26N6O5S2. The molecule has 2 aromatic carbocycles. The van der Waals surface area contributed by atoms with Crippen molar-refractivity contribution < 1.29 is 23.1 Å². The number of hydrogen-bond acceptors (Lipinski definition) is 10. The Kier molecular flexibility index (Phi) is 8.99. The number of pyridine rings is 1. The standard InChI is InChI=1S/C26H24N6O3S2.CH2O2/c1-16-12-20(37(27,33)34)8-9-21(16)31-26-28-18(13-17-6-4-3-5-7-17)14-19(29-26)15-24-30-22-10-11-23(35-2)32-25(22)36-24;2-1-3/h3-12,14H,13,15H2,1-2H3,(H2,27,33,34)(H,28,29,31);1H,(H,2,3). The zero-order chi connectivity index (χ0) is 28.7. The number of methoxy groups -OCH3 is 1. The van der Waals surface area contributed by atoms with E-state index in [2.05, 4.69) is 22.4 Å². The largest absolute Gasteiger partial charge is 0.483 e. The summed E-state index contributed by atoms with van der Waals surface area (Å²) in [5.74, 6) is 0.959. The van der Waals surface area contributed by atoms with E-state index in [4.69, 9.17) is 34.7 Å². The molecule has 0 saturated heterocycles. The van der Waals surface area contributed by atoms with Crippen molar-refractivity contribution in [1.29, 1.82) is 0 Å². The number of ether oxygens (including phenoxy) is 1. The molecule has 0 aliphatic rings. The van der Waals surface area contributed by atoms with Gasteiger partial charge < -0.3 is 15.2 Å². The van der Waals surface area contributed by atoms with Crippen LogP contribution in [0.4, 0.5) is 11.6 Å². The first-order valence-electron chi connectivity index (χ1n) is 11.9. The van der Waals surface area contributed by atoms with Crippen LogP contribution in [0.5, 0.6) is 5.88 Å². The number of nitrogens with two attached hydrogens (primary N) is 1. The number of thiazole rings is 1. The number of carbonyl (C=O) groups is 1. The minimum Gasteiger partial charge on any atom is -0.483 e. The number of primary sulfonamides is 1. The Morgan fingerprint density at radius 3 is 2.33 bits per heavy atom. The number of aryl methyl sites for hydroxylation is 1. The lowest BCUT2D eigenvalue weighted by atomic mass is 10.1. The first-order valence-corrected chi connectivity index (χ1v) is 14.2. The number of fused-ring (bicyclic) bond motifs is 1. The predicted molar refractivity (Wildman–Crippen MR) is 153 cm³/mol. The fourth-order valence-corrected chi connectivity index (χ4v) is 5.40. The average Bonchev–Trinajstić information content (AvgIpc) is 3.31. The van der Waals surface area contributed by atoms with E-state index < -0.39 is 10.0 Å². The van der Waals surface area contributed by atoms with Crippen molar-refractivity contribution in [2.24, 2.45) is 5.14 Å². The Hall–Kier alpha value is -4.46. The number of rotatable bonds is 8. The third-order valence-corrected chi connectivity index (χ3v) is 7.52. The summed E-state index contributed by atoms with van der Waals surface area (Å²) >= 11 is 1.50. The van der Waals surface area contributed by atoms with Crippen LogP contribution in [0.25, 0.3) is 10.3 Å². The van der Waals surface area contributed by atoms with Crippen LogP contribution in [0, 0.1) is 6.92 Å². The molecule has 11 nitrogen and oxygen atoms in total. The van der Waals surface area contributed by atoms with Crippen LogP contribution in [0.15, 0.2) is 71.6 Å². The van der Waals surface area contributed by atoms with E-state index in [1.807, 2.05) is 30.3 Å². The number of aromatic nitrogens is 4. The van der Waals surface area contributed by atoms with Gasteiger partial charge in [0.15, 0.2) is 0 Å². The van der Waals surface area contributed by atoms with Crippen molar-refractivity contribution >= 4 is 49.8 Å². The van der Waals surface area contributed by atoms with Gasteiger partial charge in [-0.1, -0.05) is 41.7 Å². The lowest BCUT2D eigenvalue weighted by Crippen LogP contribution is -2.12. The smallest absolute Gasteiger partial charge is 0.290 e. The summed E-state index contributed by atoms with van der Waals surface area (Å²) < 4.78 is 28.6. The number of benzene rings is 2. The first kappa shape index (κ1) is 28.5. The minimum atomic E-state index is -3.79. The molecule has 0 bridgehead atoms. The summed E-state index contributed by atoms with van der Waals surface area (Å²) in [6.07, 6.45) is 1.14. The van der Waals surface area contributed by atoms with Gasteiger partial charge >= 0.3 is 0 Å². The second-order valence-corrected chi connectivity index (χ2v) is 11.2. The maximum Gasteiger partial charge on any atom is 0.290 e. The highest BCUT2D eigenvalue weighted by molar-refractivity contribution is 7.89. The number of nitrogens with zero attached hydrogens (tertiary/aromatic N) is 4. The van der Waals surface area contributed by atoms with Crippen LogP contribution in [0.3, 0.4) is 0 Å². The fourth-order valence-electron chi connectivity index (χ4n) is 3.86. The highest BCUT2D eigenvalue weighted by Crippen LogP contribution is 2.26. The molecule has 0 amide bonds. The normalized spacial score (nSPS) is 11.0. The Morgan fingerprint density at radius 1 is 0.975 bits per heavy atom. The van der Waals surface area contributed by atoms with Gasteiger partial charge in [0.05, 0.1) is 23.4 Å². The number of sulfonamides is 1. The lowest BCUT2D eigenvalue weighted by Gasteiger charge is -2.12. The molecule has 0 saturated carbocycles. The molecule has 206 valence electrons. The van der Waals surface area contributed by atoms with Crippen molar-refractivity contribution in [3.05, 3.63) is 94.3 Å². The zero-order valence-electron chi connectivity index (χ0n) is 21.6.